The number of anilines is 1. The number of nitrogens with two attached hydrogens (primary N) is 1. The number of fused-ring (bicyclic) bond motifs is 1. The number of primary amides is 1. The average molecular weight is 1360 g/mol. The molecule has 0 aromatic heterocycles. The number of carboxylic acids is 1. The third-order valence-electron chi connectivity index (χ3n) is 13.8. The van der Waals surface area contributed by atoms with E-state index in [-0.39, 0.29) is 121 Å². The number of benzene rings is 3. The number of non-ortho nitro benzene ring substituents is 1. The minimum absolute atomic E-state index is 0.00326. The molecule has 8 N–H and O–H groups in total. The van der Waals surface area contributed by atoms with E-state index in [1.54, 1.807) is 0 Å². The van der Waals surface area contributed by atoms with Crippen LogP contribution in [0.4, 0.5) is 17.1 Å². The lowest BCUT2D eigenvalue weighted by atomic mass is 10.0. The van der Waals surface area contributed by atoms with Gasteiger partial charge in [-0.05, 0) is 86.0 Å². The number of nitrogens with one attached hydrogen (secondary N) is 5. The maximum absolute atomic E-state index is 13.5. The quantitative estimate of drug-likeness (QED) is 0.0138. The zero-order valence-electron chi connectivity index (χ0n) is 53.8. The Kier molecular flexibility index (Phi) is 45.3. The number of hydrogen-bond acceptors (Lipinski definition) is 24. The van der Waals surface area contributed by atoms with Crippen molar-refractivity contribution in [2.75, 3.05) is 157 Å². The standard InChI is InChI=1S/C63H93N9O22S/c64-62(79)54(10-3-6-22-67-63(80)55(70-60(76)45-48-13-14-49-8-1-2-9-50(49)44-48)11-4-5-21-66-58(74)19-25-86-29-31-88-27-23-65-47-95)69-59(75)20-26-87-30-33-90-35-37-92-39-41-94-43-42-93-40-38-91-36-34-89-32-28-85-24-7-12-57(73)53(17-18-61(77)78)68-52-16-15-51(71(81)82)46-56(52)72(83)84/h1-2,8-9,13-16,44,46,53-55,68H,3-7,10-12,17-43,45H2,(H2,64,79)(H,66,74)(H,67,80)(H,69,75)(H,70,76)(H,77,78). The largest absolute Gasteiger partial charge is 0.481 e. The van der Waals surface area contributed by atoms with Crippen LogP contribution < -0.4 is 32.3 Å². The van der Waals surface area contributed by atoms with Crippen LogP contribution in [-0.4, -0.2) is 231 Å². The molecule has 5 amide bonds. The molecule has 3 unspecified atom stereocenters. The van der Waals surface area contributed by atoms with Crippen molar-refractivity contribution in [2.45, 2.75) is 102 Å². The summed E-state index contributed by atoms with van der Waals surface area (Å²) in [6.07, 6.45) is 2.65. The van der Waals surface area contributed by atoms with Crippen LogP contribution >= 0.6 is 12.2 Å². The van der Waals surface area contributed by atoms with Gasteiger partial charge in [-0.1, -0.05) is 42.5 Å². The van der Waals surface area contributed by atoms with E-state index in [9.17, 15) is 53.8 Å². The van der Waals surface area contributed by atoms with Gasteiger partial charge in [0.1, 0.15) is 17.8 Å². The maximum atomic E-state index is 13.5. The molecule has 0 aliphatic carbocycles. The lowest BCUT2D eigenvalue weighted by molar-refractivity contribution is -0.393. The molecule has 0 radical (unpaired) electrons. The Morgan fingerprint density at radius 3 is 1.56 bits per heavy atom. The van der Waals surface area contributed by atoms with E-state index in [1.807, 2.05) is 42.5 Å². The predicted molar refractivity (Wildman–Crippen MR) is 350 cm³/mol. The molecule has 0 saturated carbocycles. The summed E-state index contributed by atoms with van der Waals surface area (Å²) in [4.78, 5) is 113. The summed E-state index contributed by atoms with van der Waals surface area (Å²) in [6, 6.07) is 13.7. The number of thiocarbonyl (C=S) groups is 1. The third-order valence-corrected chi connectivity index (χ3v) is 13.9. The number of carboxylic acid groups (broad SMARTS) is 1. The summed E-state index contributed by atoms with van der Waals surface area (Å²) < 4.78 is 54.8. The molecule has 3 atom stereocenters. The second-order valence-electron chi connectivity index (χ2n) is 21.1. The predicted octanol–water partition coefficient (Wildman–Crippen LogP) is 3.97. The molecule has 0 saturated heterocycles. The van der Waals surface area contributed by atoms with Gasteiger partial charge >= 0.3 is 5.97 Å². The van der Waals surface area contributed by atoms with E-state index in [1.165, 1.54) is 0 Å². The zero-order chi connectivity index (χ0) is 68.9. The van der Waals surface area contributed by atoms with Crippen molar-refractivity contribution >= 4 is 86.5 Å². The SMILES string of the molecule is NC(=O)C(CCCCNC(=O)C(CCCCNC(=O)CCOCCOCCN=C=S)NC(=O)Cc1ccc2ccccc2c1)NC(=O)CCOCCOCCOCCOCCOCCOCCOCCOCCCC(=O)C(CCC(=O)O)Nc1ccc([N+](=O)[O-])cc1[N+](=O)[O-]. The van der Waals surface area contributed by atoms with E-state index < -0.39 is 62.9 Å². The number of aliphatic imine (C=N–C) groups is 1. The minimum Gasteiger partial charge on any atom is -0.481 e. The number of unbranched alkanes of at least 4 members (excludes halogenated alkanes) is 2. The Morgan fingerprint density at radius 2 is 1.02 bits per heavy atom. The molecule has 0 aliphatic heterocycles. The number of nitro groups is 2. The highest BCUT2D eigenvalue weighted by atomic mass is 32.1. The van der Waals surface area contributed by atoms with Crippen molar-refractivity contribution in [3.8, 4) is 0 Å². The third kappa shape index (κ3) is 40.4. The molecular weight excluding hydrogens is 1270 g/mol. The first-order valence-corrected chi connectivity index (χ1v) is 32.1. The maximum Gasteiger partial charge on any atom is 0.303 e. The van der Waals surface area contributed by atoms with Crippen LogP contribution in [0, 0.1) is 20.2 Å². The fraction of sp³-hybridized carbons (Fsp3) is 0.619. The first-order chi connectivity index (χ1) is 46.1. The molecule has 3 rings (SSSR count). The number of ketones is 1. The second kappa shape index (κ2) is 52.7. The summed E-state index contributed by atoms with van der Waals surface area (Å²) in [5.41, 5.74) is 5.15. The number of aliphatic carboxylic acids is 1. The highest BCUT2D eigenvalue weighted by molar-refractivity contribution is 7.78. The smallest absolute Gasteiger partial charge is 0.303 e. The molecule has 95 heavy (non-hydrogen) atoms. The summed E-state index contributed by atoms with van der Waals surface area (Å²) >= 11 is 4.51. The molecule has 0 bridgehead atoms. The van der Waals surface area contributed by atoms with Crippen LogP contribution in [0.3, 0.4) is 0 Å². The highest BCUT2D eigenvalue weighted by Crippen LogP contribution is 2.30. The van der Waals surface area contributed by atoms with Gasteiger partial charge in [0.15, 0.2) is 5.78 Å². The average Bonchev–Trinajstić information content (AvgIpc) is 0.858. The van der Waals surface area contributed by atoms with Crippen molar-refractivity contribution in [2.24, 2.45) is 10.7 Å². The molecule has 31 nitrogen and oxygen atoms in total. The highest BCUT2D eigenvalue weighted by Gasteiger charge is 2.26. The second-order valence-corrected chi connectivity index (χ2v) is 21.3. The number of rotatable bonds is 61. The molecular formula is C63H93N9O22S. The number of carbonyl (C=O) groups excluding carboxylic acids is 6. The van der Waals surface area contributed by atoms with E-state index >= 15 is 0 Å². The van der Waals surface area contributed by atoms with E-state index in [4.69, 9.17) is 58.2 Å². The number of Topliss-reactive ketones (excluding diaryl/α,β-unsaturated/α-hetero) is 1. The summed E-state index contributed by atoms with van der Waals surface area (Å²) in [6.45, 7) is 7.24. The van der Waals surface area contributed by atoms with Gasteiger partial charge in [0.2, 0.25) is 29.5 Å². The van der Waals surface area contributed by atoms with Crippen molar-refractivity contribution < 1.29 is 95.9 Å². The number of amides is 5. The van der Waals surface area contributed by atoms with Gasteiger partial charge in [0, 0.05) is 51.4 Å². The van der Waals surface area contributed by atoms with Gasteiger partial charge < -0.3 is 84.8 Å². The zero-order valence-corrected chi connectivity index (χ0v) is 54.6. The van der Waals surface area contributed by atoms with E-state index in [2.05, 4.69) is 49.0 Å². The Bertz CT molecular complexity index is 2820. The lowest BCUT2D eigenvalue weighted by Crippen LogP contribution is -2.47. The molecule has 528 valence electrons. The number of nitro benzene ring substituents is 2. The number of nitrogens with zero attached hydrogens (tertiary/aromatic N) is 3. The molecule has 3 aromatic carbocycles. The summed E-state index contributed by atoms with van der Waals surface area (Å²) in [7, 11) is 0. The van der Waals surface area contributed by atoms with Crippen molar-refractivity contribution in [1.82, 2.24) is 21.3 Å². The van der Waals surface area contributed by atoms with Gasteiger partial charge in [-0.2, -0.15) is 0 Å². The molecule has 3 aromatic rings. The number of ether oxygens (including phenoxy) is 10. The summed E-state index contributed by atoms with van der Waals surface area (Å²) in [5, 5.41) is 50.0. The van der Waals surface area contributed by atoms with Gasteiger partial charge in [-0.3, -0.25) is 53.8 Å². The monoisotopic (exact) mass is 1360 g/mol. The van der Waals surface area contributed by atoms with Crippen LogP contribution in [0.5, 0.6) is 0 Å². The molecule has 0 spiro atoms. The van der Waals surface area contributed by atoms with Gasteiger partial charge in [0.05, 0.1) is 166 Å². The first-order valence-electron chi connectivity index (χ1n) is 31.7. The van der Waals surface area contributed by atoms with Crippen LogP contribution in [0.15, 0.2) is 65.7 Å². The van der Waals surface area contributed by atoms with Gasteiger partial charge in [-0.25, -0.2) is 4.99 Å². The Hall–Kier alpha value is -7.59. The molecule has 32 heteroatoms. The fourth-order valence-corrected chi connectivity index (χ4v) is 8.94. The Morgan fingerprint density at radius 1 is 0.516 bits per heavy atom. The molecule has 0 aliphatic rings. The van der Waals surface area contributed by atoms with Crippen molar-refractivity contribution in [3.63, 3.8) is 0 Å². The van der Waals surface area contributed by atoms with Crippen LogP contribution in [0.1, 0.15) is 82.6 Å². The van der Waals surface area contributed by atoms with E-state index in [0.717, 1.165) is 34.5 Å². The normalized spacial score (nSPS) is 12.0. The van der Waals surface area contributed by atoms with E-state index in [0.29, 0.717) is 138 Å². The van der Waals surface area contributed by atoms with Gasteiger partial charge in [0.25, 0.3) is 11.4 Å². The topological polar surface area (TPSA) is 417 Å². The van der Waals surface area contributed by atoms with Crippen LogP contribution in [0.2, 0.25) is 0 Å². The Balaban J connectivity index is 1.14. The fourth-order valence-electron chi connectivity index (χ4n) is 8.85. The lowest BCUT2D eigenvalue weighted by Gasteiger charge is -2.19. The number of carbonyl (C=O) groups is 7. The number of isothiocyanates is 1. The van der Waals surface area contributed by atoms with Crippen LogP contribution in [-0.2, 0) is 87.4 Å². The minimum atomic E-state index is -1.16. The molecule has 0 fully saturated rings. The first kappa shape index (κ1) is 81.6. The van der Waals surface area contributed by atoms with Crippen molar-refractivity contribution in [3.05, 3.63) is 86.5 Å². The van der Waals surface area contributed by atoms with Gasteiger partial charge in [-0.15, -0.1) is 0 Å². The van der Waals surface area contributed by atoms with Crippen LogP contribution in [0.25, 0.3) is 10.8 Å². The van der Waals surface area contributed by atoms with Crippen molar-refractivity contribution in [1.29, 1.82) is 0 Å². The number of hydrogen-bond donors (Lipinski definition) is 7. The Labute approximate surface area is 557 Å². The summed E-state index contributed by atoms with van der Waals surface area (Å²) in [5.74, 6) is -3.49. The molecule has 0 heterocycles.